The lowest BCUT2D eigenvalue weighted by Gasteiger charge is -2.16. The van der Waals surface area contributed by atoms with Gasteiger partial charge in [0.15, 0.2) is 77.1 Å². The second kappa shape index (κ2) is 20.9. The summed E-state index contributed by atoms with van der Waals surface area (Å²) in [4.78, 5) is 52.7. The van der Waals surface area contributed by atoms with Gasteiger partial charge in [0.25, 0.3) is 0 Å². The summed E-state index contributed by atoms with van der Waals surface area (Å²) >= 11 is 12.3. The van der Waals surface area contributed by atoms with E-state index in [4.69, 9.17) is 52.2 Å². The Hall–Kier alpha value is -4.46. The number of hydrogen-bond donors (Lipinski definition) is 10. The number of nitrogens with one attached hydrogen (secondary N) is 2. The Morgan fingerprint density at radius 2 is 1.05 bits per heavy atom. The molecule has 10 N–H and O–H groups in total. The van der Waals surface area contributed by atoms with Crippen molar-refractivity contribution in [1.82, 2.24) is 49.9 Å². The van der Waals surface area contributed by atoms with Gasteiger partial charge in [0, 0.05) is 6.04 Å². The number of aromatic nitrogens is 10. The summed E-state index contributed by atoms with van der Waals surface area (Å²) in [5.74, 6) is -1.25. The van der Waals surface area contributed by atoms with E-state index in [1.807, 2.05) is 30.3 Å². The Bertz CT molecular complexity index is 3350. The van der Waals surface area contributed by atoms with E-state index in [-0.39, 0.29) is 52.4 Å². The number of benzene rings is 2. The van der Waals surface area contributed by atoms with E-state index in [0.717, 1.165) is 40.6 Å². The van der Waals surface area contributed by atoms with Crippen LogP contribution in [0, 0.1) is 0 Å². The van der Waals surface area contributed by atoms with Crippen LogP contribution in [0.25, 0.3) is 22.3 Å². The van der Waals surface area contributed by atoms with Crippen LogP contribution in [0.3, 0.4) is 0 Å². The van der Waals surface area contributed by atoms with Crippen molar-refractivity contribution >= 4 is 92.0 Å². The van der Waals surface area contributed by atoms with Crippen molar-refractivity contribution in [2.75, 3.05) is 33.1 Å². The van der Waals surface area contributed by atoms with Crippen LogP contribution in [0.1, 0.15) is 54.6 Å². The molecule has 2 aliphatic heterocycles. The molecule has 0 saturated carbocycles. The Morgan fingerprint density at radius 3 is 1.51 bits per heavy atom. The summed E-state index contributed by atoms with van der Waals surface area (Å²) in [6.07, 6.45) is -9.19. The maximum atomic E-state index is 12.2. The van der Waals surface area contributed by atoms with Gasteiger partial charge in [-0.2, -0.15) is 29.3 Å². The van der Waals surface area contributed by atoms with Crippen LogP contribution in [0.4, 0.5) is 11.6 Å². The highest BCUT2D eigenvalue weighted by Gasteiger charge is 2.49. The molecule has 4 aliphatic rings. The van der Waals surface area contributed by atoms with Crippen LogP contribution in [0.5, 0.6) is 0 Å². The molecule has 10 rings (SSSR count). The van der Waals surface area contributed by atoms with Crippen LogP contribution < -0.4 is 10.6 Å². The van der Waals surface area contributed by atoms with Crippen molar-refractivity contribution in [2.45, 2.75) is 94.3 Å². The average molecular weight is 1140 g/mol. The fraction of sp³-hybridized carbons (Fsp3) is 0.487. The van der Waals surface area contributed by atoms with E-state index in [0.29, 0.717) is 11.6 Å². The molecular formula is C39H48Cl2N12O16P2S2. The molecule has 2 fully saturated rings. The highest BCUT2D eigenvalue weighted by molar-refractivity contribution is 7.97. The van der Waals surface area contributed by atoms with Gasteiger partial charge < -0.3 is 60.1 Å². The molecule has 2 aromatic carbocycles. The number of halogens is 2. The van der Waals surface area contributed by atoms with Gasteiger partial charge in [-0.3, -0.25) is 9.13 Å². The minimum Gasteiger partial charge on any atom is -0.387 e. The fourth-order valence-electron chi connectivity index (χ4n) is 9.13. The lowest BCUT2D eigenvalue weighted by atomic mass is 10.1. The van der Waals surface area contributed by atoms with Gasteiger partial charge in [-0.05, 0) is 71.1 Å². The number of ether oxygens (including phenoxy) is 2. The van der Waals surface area contributed by atoms with Gasteiger partial charge in [-0.15, -0.1) is 10.2 Å². The third-order valence-electron chi connectivity index (χ3n) is 12.2. The van der Waals surface area contributed by atoms with Crippen molar-refractivity contribution in [3.63, 3.8) is 0 Å². The van der Waals surface area contributed by atoms with Gasteiger partial charge in [0.05, 0.1) is 17.5 Å². The third kappa shape index (κ3) is 12.1. The van der Waals surface area contributed by atoms with Crippen LogP contribution in [-0.4, -0.2) is 172 Å². The van der Waals surface area contributed by atoms with Gasteiger partial charge in [0.1, 0.15) is 36.6 Å². The molecule has 2 saturated heterocycles. The van der Waals surface area contributed by atoms with E-state index in [9.17, 15) is 46.4 Å². The van der Waals surface area contributed by atoms with Crippen molar-refractivity contribution in [3.8, 4) is 0 Å². The number of fused-ring (bicyclic) bond motifs is 4. The Labute approximate surface area is 424 Å². The highest BCUT2D eigenvalue weighted by atomic mass is 35.5. The standard InChI is InChI=1S/2C19H22ClN6O8PS.CH4/c20-19-22-16(21-11-5-9-3-1-2-4-10(9)6-11)13-17(23-19)26(25-24-13)18-15(28)14(27)12(34-18)7-36(32,33)8-35(29,30)31;20-19-22-16(21-11-6-5-9-3-1-2-4-10(9)11)13-17(23-19)26(25-24-13)18-15(28)14(27)12(34-18)7-36(32,33)8-35(29,30)31;/h2*1-4,11-12,14-15,18,27-28H,5-8H2,(H,21,22,23)(H2,29,30,31);1H4/t12-,14-,15-,18-;11-,12+,14+,15+,18+;/m10./s1. The van der Waals surface area contributed by atoms with E-state index in [1.165, 1.54) is 16.7 Å². The lowest BCUT2D eigenvalue weighted by molar-refractivity contribution is -0.0375. The molecule has 9 atom stereocenters. The fourth-order valence-corrected chi connectivity index (χ4v) is 16.0. The number of hydrogen-bond acceptors (Lipinski definition) is 22. The molecule has 6 aromatic rings. The number of nitrogens with zero attached hydrogens (tertiary/aromatic N) is 10. The first-order valence-electron chi connectivity index (χ1n) is 21.6. The molecule has 0 spiro atoms. The molecule has 0 bridgehead atoms. The van der Waals surface area contributed by atoms with Crippen LogP contribution in [0.15, 0.2) is 48.5 Å². The minimum absolute atomic E-state index is 0. The second-order valence-corrected chi connectivity index (χ2v) is 26.6. The zero-order chi connectivity index (χ0) is 51.7. The van der Waals surface area contributed by atoms with Gasteiger partial charge in [0.2, 0.25) is 10.6 Å². The predicted molar refractivity (Wildman–Crippen MR) is 259 cm³/mol. The normalized spacial score (nSPS) is 25.3. The second-order valence-electron chi connectivity index (χ2n) is 17.5. The molecule has 0 amide bonds. The third-order valence-corrected chi connectivity index (χ3v) is 20.0. The maximum Gasteiger partial charge on any atom is 0.340 e. The van der Waals surface area contributed by atoms with E-state index in [2.05, 4.69) is 69.4 Å². The molecule has 4 aromatic heterocycles. The topological polar surface area (TPSA) is 420 Å². The molecule has 0 radical (unpaired) electrons. The zero-order valence-electron chi connectivity index (χ0n) is 36.8. The number of sulfone groups is 2. The minimum atomic E-state index is -4.87. The van der Waals surface area contributed by atoms with Crippen molar-refractivity contribution in [1.29, 1.82) is 0 Å². The average Bonchev–Trinajstić information content (AvgIpc) is 4.14. The molecule has 2 aliphatic carbocycles. The molecular weight excluding hydrogens is 1090 g/mol. The van der Waals surface area contributed by atoms with Crippen molar-refractivity contribution in [2.24, 2.45) is 0 Å². The molecule has 28 nitrogen and oxygen atoms in total. The number of anilines is 2. The smallest absolute Gasteiger partial charge is 0.340 e. The molecule has 73 heavy (non-hydrogen) atoms. The summed E-state index contributed by atoms with van der Waals surface area (Å²) in [6, 6.07) is 16.0. The van der Waals surface area contributed by atoms with Gasteiger partial charge >= 0.3 is 15.2 Å². The summed E-state index contributed by atoms with van der Waals surface area (Å²) in [7, 11) is -18.4. The molecule has 34 heteroatoms. The van der Waals surface area contributed by atoms with E-state index >= 15 is 0 Å². The quantitative estimate of drug-likeness (QED) is 0.0521. The van der Waals surface area contributed by atoms with Crippen LogP contribution in [0.2, 0.25) is 10.6 Å². The largest absolute Gasteiger partial charge is 0.387 e. The van der Waals surface area contributed by atoms with E-state index < -0.39 is 106 Å². The monoisotopic (exact) mass is 1140 g/mol. The number of aryl methyl sites for hydroxylation is 1. The summed E-state index contributed by atoms with van der Waals surface area (Å²) in [5, 5.41) is 64.3. The lowest BCUT2D eigenvalue weighted by Crippen LogP contribution is -2.36. The predicted octanol–water partition coefficient (Wildman–Crippen LogP) is 0.403. The Balaban J connectivity index is 0.000000192. The summed E-state index contributed by atoms with van der Waals surface area (Å²) in [5.41, 5.74) is 2.50. The van der Waals surface area contributed by atoms with E-state index in [1.54, 1.807) is 0 Å². The summed E-state index contributed by atoms with van der Waals surface area (Å²) in [6.45, 7) is 0. The van der Waals surface area contributed by atoms with Crippen LogP contribution in [-0.2, 0) is 57.5 Å². The molecule has 6 heterocycles. The van der Waals surface area contributed by atoms with Crippen molar-refractivity contribution < 1.29 is 75.4 Å². The Kier molecular flexibility index (Phi) is 15.7. The first-order valence-corrected chi connectivity index (χ1v) is 29.6. The number of rotatable bonds is 14. The molecule has 396 valence electrons. The summed E-state index contributed by atoms with van der Waals surface area (Å²) < 4.78 is 84.1. The van der Waals surface area contributed by atoms with Gasteiger partial charge in [-0.25, -0.2) is 16.8 Å². The first-order chi connectivity index (χ1) is 33.8. The first kappa shape index (κ1) is 54.8. The van der Waals surface area contributed by atoms with Crippen LogP contribution >= 0.6 is 38.4 Å². The highest BCUT2D eigenvalue weighted by Crippen LogP contribution is 2.41. The zero-order valence-corrected chi connectivity index (χ0v) is 41.8. The maximum absolute atomic E-state index is 12.2. The number of aliphatic hydroxyl groups is 4. The number of aliphatic hydroxyl groups excluding tert-OH is 4. The van der Waals surface area contributed by atoms with Gasteiger partial charge in [-0.1, -0.05) is 66.4 Å². The Morgan fingerprint density at radius 1 is 0.630 bits per heavy atom. The van der Waals surface area contributed by atoms with Crippen molar-refractivity contribution in [3.05, 3.63) is 81.4 Å². The molecule has 0 unspecified atom stereocenters. The SMILES string of the molecule is C.O=P(O)(O)CS(=O)(=O)C[C@H]1O[C@@H](n2nnc3c(NC4Cc5ccccc5C4)nc(Cl)nc32)[C@H](O)[C@@H]1O.O=P(O)(O)CS(=O)(=O)C[C@H]1O[C@@H](n2nnc3c(N[C@H]4CCc5ccccc54)nc(Cl)nc32)[C@H](O)[C@@H]1O.